The third-order valence-corrected chi connectivity index (χ3v) is 13.6. The molecule has 0 amide bonds. The van der Waals surface area contributed by atoms with Crippen LogP contribution in [-0.2, 0) is 28.2 Å². The van der Waals surface area contributed by atoms with E-state index in [0.29, 0.717) is 32.5 Å². The van der Waals surface area contributed by atoms with Gasteiger partial charge in [0.05, 0.1) is 25.4 Å². The van der Waals surface area contributed by atoms with Crippen molar-refractivity contribution >= 4 is 14.6 Å². The third kappa shape index (κ3) is 9.14. The summed E-state index contributed by atoms with van der Waals surface area (Å²) in [5.41, 5.74) is 0. The van der Waals surface area contributed by atoms with E-state index in [1.165, 1.54) is 0 Å². The van der Waals surface area contributed by atoms with Crippen LogP contribution in [0.2, 0.25) is 18.1 Å². The van der Waals surface area contributed by atoms with Gasteiger partial charge in [-0.2, -0.15) is 0 Å². The van der Waals surface area contributed by atoms with Gasteiger partial charge in [0.25, 0.3) is 0 Å². The maximum Gasteiger partial charge on any atom is 0.199 e. The molecule has 2 aliphatic heterocycles. The summed E-state index contributed by atoms with van der Waals surface area (Å²) in [5.74, 6) is 1.49. The minimum absolute atomic E-state index is 0.0551. The summed E-state index contributed by atoms with van der Waals surface area (Å²) >= 11 is 0. The first-order valence-corrected chi connectivity index (χ1v) is 18.6. The summed E-state index contributed by atoms with van der Waals surface area (Å²) in [7, 11) is -2.11. The van der Waals surface area contributed by atoms with Gasteiger partial charge in [0, 0.05) is 37.7 Å². The molecule has 2 heterocycles. The van der Waals surface area contributed by atoms with Gasteiger partial charge in [-0.1, -0.05) is 39.0 Å². The summed E-state index contributed by atoms with van der Waals surface area (Å²) in [6, 6.07) is 9.85. The second kappa shape index (κ2) is 15.1. The number of carbonyl (C=O) groups excluding carboxylic acids is 1. The van der Waals surface area contributed by atoms with Crippen LogP contribution in [0.3, 0.4) is 0 Å². The molecule has 1 saturated carbocycles. The highest BCUT2D eigenvalue weighted by Crippen LogP contribution is 2.47. The maximum absolute atomic E-state index is 12.1. The normalized spacial score (nSPS) is 29.7. The summed E-state index contributed by atoms with van der Waals surface area (Å²) in [5, 5.41) is 0.0551. The van der Waals surface area contributed by atoms with E-state index >= 15 is 0 Å². The molecule has 1 aromatic carbocycles. The zero-order valence-corrected chi connectivity index (χ0v) is 26.8. The Morgan fingerprint density at radius 1 is 0.976 bits per heavy atom. The fourth-order valence-corrected chi connectivity index (χ4v) is 7.20. The van der Waals surface area contributed by atoms with Gasteiger partial charge in [0.15, 0.2) is 20.9 Å². The fourth-order valence-electron chi connectivity index (χ4n) is 5.82. The first-order valence-electron chi connectivity index (χ1n) is 15.7. The summed E-state index contributed by atoms with van der Waals surface area (Å²) in [6.07, 6.45) is 10.1. The summed E-state index contributed by atoms with van der Waals surface area (Å²) in [6.45, 7) is 13.3. The molecule has 0 radical (unpaired) electrons. The van der Waals surface area contributed by atoms with Gasteiger partial charge < -0.3 is 32.9 Å². The second-order valence-electron chi connectivity index (χ2n) is 13.2. The molecule has 3 fully saturated rings. The molecule has 0 aromatic heterocycles. The van der Waals surface area contributed by atoms with Crippen LogP contribution in [0.15, 0.2) is 42.2 Å². The Labute approximate surface area is 248 Å². The maximum atomic E-state index is 12.1. The predicted molar refractivity (Wildman–Crippen MR) is 162 cm³/mol. The Hall–Kier alpha value is -1.71. The second-order valence-corrected chi connectivity index (χ2v) is 17.9. The first-order chi connectivity index (χ1) is 19.7. The lowest BCUT2D eigenvalue weighted by molar-refractivity contribution is -0.201. The lowest BCUT2D eigenvalue weighted by atomic mass is 9.88. The lowest BCUT2D eigenvalue weighted by Gasteiger charge is -2.40. The zero-order chi connectivity index (χ0) is 29.3. The average molecular weight is 589 g/mol. The van der Waals surface area contributed by atoms with Gasteiger partial charge in [0.2, 0.25) is 0 Å². The van der Waals surface area contributed by atoms with Crippen LogP contribution < -0.4 is 4.74 Å². The Kier molecular flexibility index (Phi) is 11.9. The largest absolute Gasteiger partial charge is 0.493 e. The van der Waals surface area contributed by atoms with E-state index in [1.54, 1.807) is 0 Å². The molecular weight excluding hydrogens is 536 g/mol. The number of benzene rings is 1. The number of carbonyl (C=O) groups is 1. The molecule has 2 saturated heterocycles. The van der Waals surface area contributed by atoms with Crippen LogP contribution in [0.4, 0.5) is 0 Å². The average Bonchev–Trinajstić information content (AvgIpc) is 3.27. The summed E-state index contributed by atoms with van der Waals surface area (Å²) < 4.78 is 38.5. The van der Waals surface area contributed by atoms with Gasteiger partial charge >= 0.3 is 0 Å². The Balaban J connectivity index is 1.61. The van der Waals surface area contributed by atoms with Crippen LogP contribution in [0, 0.1) is 11.8 Å². The van der Waals surface area contributed by atoms with E-state index in [4.69, 9.17) is 28.1 Å². The molecule has 0 N–H and O–H groups in total. The number of hydrogen-bond donors (Lipinski definition) is 0. The highest BCUT2D eigenvalue weighted by Gasteiger charge is 2.51. The smallest absolute Gasteiger partial charge is 0.199 e. The third-order valence-electron chi connectivity index (χ3n) is 9.10. The van der Waals surface area contributed by atoms with Crippen molar-refractivity contribution in [1.82, 2.24) is 0 Å². The first kappa shape index (κ1) is 32.2. The number of rotatable bonds is 13. The Morgan fingerprint density at radius 2 is 1.66 bits per heavy atom. The van der Waals surface area contributed by atoms with Crippen molar-refractivity contribution in [2.75, 3.05) is 19.8 Å². The zero-order valence-electron chi connectivity index (χ0n) is 25.8. The van der Waals surface area contributed by atoms with E-state index in [1.807, 2.05) is 30.3 Å². The van der Waals surface area contributed by atoms with Crippen molar-refractivity contribution in [3.8, 4) is 5.75 Å². The predicted octanol–water partition coefficient (Wildman–Crippen LogP) is 7.41. The van der Waals surface area contributed by atoms with E-state index < -0.39 is 8.32 Å². The molecule has 8 heteroatoms. The molecule has 2 unspecified atom stereocenters. The fraction of sp³-hybridized carbons (Fsp3) is 0.727. The van der Waals surface area contributed by atoms with Crippen molar-refractivity contribution in [3.05, 3.63) is 42.2 Å². The lowest BCUT2D eigenvalue weighted by Crippen LogP contribution is -2.45. The molecule has 230 valence electrons. The van der Waals surface area contributed by atoms with Crippen LogP contribution in [0.5, 0.6) is 5.75 Å². The molecule has 4 rings (SSSR count). The monoisotopic (exact) mass is 588 g/mol. The van der Waals surface area contributed by atoms with E-state index in [2.05, 4.69) is 39.9 Å². The molecular formula is C33H52O7Si. The molecule has 1 aliphatic carbocycles. The van der Waals surface area contributed by atoms with Gasteiger partial charge in [-0.05, 0) is 74.9 Å². The van der Waals surface area contributed by atoms with E-state index in [0.717, 1.165) is 62.9 Å². The molecule has 41 heavy (non-hydrogen) atoms. The SMILES string of the molecule is CC(C)(C)[Si](C)(C)O[C@@H]1C[C@H](OC2CCCCO2)[C@H](/C(=C\CCOc2ccccc2)OC2CCCCO2)[C@@H]1CC=O. The van der Waals surface area contributed by atoms with Crippen LogP contribution in [-0.4, -0.2) is 59.2 Å². The molecule has 1 aromatic rings. The summed E-state index contributed by atoms with van der Waals surface area (Å²) in [4.78, 5) is 12.1. The van der Waals surface area contributed by atoms with Crippen LogP contribution in [0.1, 0.15) is 78.6 Å². The van der Waals surface area contributed by atoms with Crippen LogP contribution in [0.25, 0.3) is 0 Å². The molecule has 0 bridgehead atoms. The Bertz CT molecular complexity index is 948. The topological polar surface area (TPSA) is 72.5 Å². The highest BCUT2D eigenvalue weighted by atomic mass is 28.4. The quantitative estimate of drug-likeness (QED) is 0.103. The number of hydrogen-bond acceptors (Lipinski definition) is 7. The van der Waals surface area contributed by atoms with Crippen LogP contribution >= 0.6 is 0 Å². The molecule has 0 spiro atoms. The van der Waals surface area contributed by atoms with Crippen molar-refractivity contribution in [2.45, 2.75) is 121 Å². The van der Waals surface area contributed by atoms with Crippen molar-refractivity contribution < 1.29 is 32.9 Å². The van der Waals surface area contributed by atoms with Crippen molar-refractivity contribution in [2.24, 2.45) is 11.8 Å². The van der Waals surface area contributed by atoms with Crippen molar-refractivity contribution in [3.63, 3.8) is 0 Å². The van der Waals surface area contributed by atoms with Gasteiger partial charge in [-0.3, -0.25) is 0 Å². The van der Waals surface area contributed by atoms with E-state index in [-0.39, 0.29) is 41.7 Å². The number of ether oxygens (including phenoxy) is 5. The number of para-hydroxylation sites is 1. The molecule has 3 aliphatic rings. The molecule has 6 atom stereocenters. The van der Waals surface area contributed by atoms with Crippen molar-refractivity contribution in [1.29, 1.82) is 0 Å². The molecule has 7 nitrogen and oxygen atoms in total. The highest BCUT2D eigenvalue weighted by molar-refractivity contribution is 6.74. The van der Waals surface area contributed by atoms with Gasteiger partial charge in [0.1, 0.15) is 17.8 Å². The minimum Gasteiger partial charge on any atom is -0.493 e. The minimum atomic E-state index is -2.11. The number of aldehydes is 1. The van der Waals surface area contributed by atoms with Gasteiger partial charge in [-0.15, -0.1) is 0 Å². The standard InChI is InChI=1S/C33H52O7Si/c1-33(2,3)41(4,5)40-28-24-29(39-31-18-10-12-22-37-31)32(26(28)19-20-34)27(38-30-17-9-11-21-36-30)16-13-23-35-25-14-7-6-8-15-25/h6-8,14-16,20,26,28-32H,9-13,17-19,21-24H2,1-5H3/b27-16+/t26-,28-,29+,30?,31?,32+/m1/s1. The van der Waals surface area contributed by atoms with E-state index in [9.17, 15) is 4.79 Å². The van der Waals surface area contributed by atoms with Gasteiger partial charge in [-0.25, -0.2) is 0 Å². The Morgan fingerprint density at radius 3 is 2.27 bits per heavy atom.